The highest BCUT2D eigenvalue weighted by Crippen LogP contribution is 2.20. The monoisotopic (exact) mass is 301 g/mol. The third kappa shape index (κ3) is 3.19. The lowest BCUT2D eigenvalue weighted by molar-refractivity contribution is 0.0599. The van der Waals surface area contributed by atoms with E-state index < -0.39 is 5.97 Å². The summed E-state index contributed by atoms with van der Waals surface area (Å²) in [5.41, 5.74) is 3.10. The van der Waals surface area contributed by atoms with Gasteiger partial charge in [-0.2, -0.15) is 0 Å². The van der Waals surface area contributed by atoms with E-state index >= 15 is 0 Å². The number of esters is 1. The van der Waals surface area contributed by atoms with Crippen LogP contribution in [0.25, 0.3) is 0 Å². The van der Waals surface area contributed by atoms with E-state index in [9.17, 15) is 9.59 Å². The lowest BCUT2D eigenvalue weighted by Gasteiger charge is -2.06. The summed E-state index contributed by atoms with van der Waals surface area (Å²) in [5.74, 6) is -0.0332. The van der Waals surface area contributed by atoms with Gasteiger partial charge in [0.05, 0.1) is 18.4 Å². The predicted octanol–water partition coefficient (Wildman–Crippen LogP) is 2.99. The number of ether oxygens (including phenoxy) is 2. The molecule has 1 heterocycles. The molecule has 2 rings (SSSR count). The molecular weight excluding hydrogens is 282 g/mol. The van der Waals surface area contributed by atoms with Crippen molar-refractivity contribution in [2.45, 2.75) is 20.8 Å². The fraction of sp³-hybridized carbons (Fsp3) is 0.294. The summed E-state index contributed by atoms with van der Waals surface area (Å²) < 4.78 is 10.2. The molecule has 22 heavy (non-hydrogen) atoms. The van der Waals surface area contributed by atoms with Crippen LogP contribution < -0.4 is 4.74 Å². The van der Waals surface area contributed by atoms with E-state index in [1.807, 2.05) is 31.2 Å². The molecule has 5 nitrogen and oxygen atoms in total. The van der Waals surface area contributed by atoms with Gasteiger partial charge in [-0.3, -0.25) is 4.79 Å². The van der Waals surface area contributed by atoms with E-state index in [4.69, 9.17) is 9.47 Å². The zero-order valence-electron chi connectivity index (χ0n) is 13.1. The fourth-order valence-electron chi connectivity index (χ4n) is 2.29. The minimum Gasteiger partial charge on any atom is -0.485 e. The van der Waals surface area contributed by atoms with Gasteiger partial charge < -0.3 is 14.5 Å². The van der Waals surface area contributed by atoms with Crippen molar-refractivity contribution in [3.8, 4) is 5.75 Å². The molecule has 1 aromatic carbocycles. The minimum absolute atomic E-state index is 0.0928. The Hall–Kier alpha value is -2.56. The van der Waals surface area contributed by atoms with Crippen LogP contribution >= 0.6 is 0 Å². The number of aryl methyl sites for hydroxylation is 2. The zero-order valence-corrected chi connectivity index (χ0v) is 13.1. The second kappa shape index (κ2) is 6.47. The number of benzene rings is 1. The normalized spacial score (nSPS) is 10.4. The molecule has 0 unspecified atom stereocenters. The maximum atomic E-state index is 12.3. The number of carbonyl (C=O) groups is 2. The number of H-pyrrole nitrogens is 1. The van der Waals surface area contributed by atoms with Gasteiger partial charge in [-0.05, 0) is 38.5 Å². The summed E-state index contributed by atoms with van der Waals surface area (Å²) in [5, 5.41) is 0. The Morgan fingerprint density at radius 3 is 2.32 bits per heavy atom. The smallest absolute Gasteiger partial charge is 0.339 e. The molecule has 0 aliphatic carbocycles. The maximum absolute atomic E-state index is 12.3. The molecule has 1 N–H and O–H groups in total. The van der Waals surface area contributed by atoms with Crippen LogP contribution in [0.4, 0.5) is 0 Å². The van der Waals surface area contributed by atoms with Crippen LogP contribution in [0.15, 0.2) is 24.3 Å². The van der Waals surface area contributed by atoms with Crippen molar-refractivity contribution in [1.29, 1.82) is 0 Å². The summed E-state index contributed by atoms with van der Waals surface area (Å²) in [6.45, 7) is 5.34. The molecule has 0 spiro atoms. The average molecular weight is 301 g/mol. The Balaban J connectivity index is 2.13. The molecule has 0 radical (unpaired) electrons. The number of ketones is 1. The number of methoxy groups -OCH3 is 1. The van der Waals surface area contributed by atoms with Crippen LogP contribution in [0.3, 0.4) is 0 Å². The molecule has 0 aliphatic rings. The number of carbonyl (C=O) groups excluding carboxylic acids is 2. The minimum atomic E-state index is -0.454. The molecule has 0 amide bonds. The number of hydrogen-bond donors (Lipinski definition) is 1. The molecule has 0 bridgehead atoms. The van der Waals surface area contributed by atoms with Gasteiger partial charge in [0, 0.05) is 5.69 Å². The van der Waals surface area contributed by atoms with Gasteiger partial charge in [-0.15, -0.1) is 0 Å². The molecule has 5 heteroatoms. The van der Waals surface area contributed by atoms with Crippen molar-refractivity contribution in [3.05, 3.63) is 52.3 Å². The summed E-state index contributed by atoms with van der Waals surface area (Å²) in [4.78, 5) is 26.9. The van der Waals surface area contributed by atoms with Gasteiger partial charge in [0.25, 0.3) is 0 Å². The van der Waals surface area contributed by atoms with Crippen LogP contribution in [0, 0.1) is 20.8 Å². The van der Waals surface area contributed by atoms with Gasteiger partial charge in [0.2, 0.25) is 5.78 Å². The standard InChI is InChI=1S/C17H19NO4/c1-10-5-7-13(8-6-10)22-9-14(19)16-11(2)15(12(3)18-16)17(20)21-4/h5-8,18H,9H2,1-4H3. The lowest BCUT2D eigenvalue weighted by Crippen LogP contribution is -2.13. The molecule has 0 atom stereocenters. The van der Waals surface area contributed by atoms with Crippen molar-refractivity contribution >= 4 is 11.8 Å². The van der Waals surface area contributed by atoms with Crippen LogP contribution in [0.2, 0.25) is 0 Å². The molecule has 0 aliphatic heterocycles. The quantitative estimate of drug-likeness (QED) is 0.681. The van der Waals surface area contributed by atoms with Gasteiger partial charge in [-0.25, -0.2) is 4.79 Å². The third-order valence-electron chi connectivity index (χ3n) is 3.50. The van der Waals surface area contributed by atoms with Crippen molar-refractivity contribution in [1.82, 2.24) is 4.98 Å². The first-order chi connectivity index (χ1) is 10.4. The van der Waals surface area contributed by atoms with E-state index in [-0.39, 0.29) is 12.4 Å². The molecule has 0 saturated carbocycles. The van der Waals surface area contributed by atoms with Gasteiger partial charge in [0.1, 0.15) is 5.75 Å². The topological polar surface area (TPSA) is 68.4 Å². The molecular formula is C17H19NO4. The molecule has 116 valence electrons. The van der Waals surface area contributed by atoms with Gasteiger partial charge >= 0.3 is 5.97 Å². The number of aromatic nitrogens is 1. The average Bonchev–Trinajstić information content (AvgIpc) is 2.80. The Morgan fingerprint density at radius 2 is 1.73 bits per heavy atom. The first-order valence-electron chi connectivity index (χ1n) is 6.94. The first-order valence-corrected chi connectivity index (χ1v) is 6.94. The molecule has 0 fully saturated rings. The van der Waals surface area contributed by atoms with Crippen molar-refractivity contribution in [2.75, 3.05) is 13.7 Å². The zero-order chi connectivity index (χ0) is 16.3. The summed E-state index contributed by atoms with van der Waals surface area (Å²) >= 11 is 0. The van der Waals surface area contributed by atoms with Crippen LogP contribution in [-0.2, 0) is 4.74 Å². The summed E-state index contributed by atoms with van der Waals surface area (Å²) in [6.07, 6.45) is 0. The Bertz CT molecular complexity index is 698. The molecule has 0 saturated heterocycles. The number of aromatic amines is 1. The van der Waals surface area contributed by atoms with Crippen molar-refractivity contribution < 1.29 is 19.1 Å². The Labute approximate surface area is 129 Å². The van der Waals surface area contributed by atoms with Gasteiger partial charge in [0.15, 0.2) is 6.61 Å². The second-order valence-corrected chi connectivity index (χ2v) is 5.14. The summed E-state index contributed by atoms with van der Waals surface area (Å²) in [6, 6.07) is 7.46. The van der Waals surface area contributed by atoms with Crippen LogP contribution in [0.1, 0.15) is 37.7 Å². The highest BCUT2D eigenvalue weighted by Gasteiger charge is 2.22. The first kappa shape index (κ1) is 15.8. The molecule has 1 aromatic heterocycles. The number of hydrogen-bond acceptors (Lipinski definition) is 4. The predicted molar refractivity (Wildman–Crippen MR) is 82.6 cm³/mol. The maximum Gasteiger partial charge on any atom is 0.339 e. The SMILES string of the molecule is COC(=O)c1c(C)[nH]c(C(=O)COc2ccc(C)cc2)c1C. The highest BCUT2D eigenvalue weighted by molar-refractivity contribution is 6.02. The Kier molecular flexibility index (Phi) is 4.65. The Morgan fingerprint density at radius 1 is 1.09 bits per heavy atom. The molecule has 2 aromatic rings. The fourth-order valence-corrected chi connectivity index (χ4v) is 2.29. The number of Topliss-reactive ketones (excluding diaryl/α,β-unsaturated/α-hetero) is 1. The highest BCUT2D eigenvalue weighted by atomic mass is 16.5. The van der Waals surface area contributed by atoms with E-state index in [0.29, 0.717) is 28.3 Å². The summed E-state index contributed by atoms with van der Waals surface area (Å²) in [7, 11) is 1.32. The van der Waals surface area contributed by atoms with Gasteiger partial charge in [-0.1, -0.05) is 17.7 Å². The number of nitrogens with one attached hydrogen (secondary N) is 1. The largest absolute Gasteiger partial charge is 0.485 e. The lowest BCUT2D eigenvalue weighted by atomic mass is 10.1. The van der Waals surface area contributed by atoms with Crippen LogP contribution in [0.5, 0.6) is 5.75 Å². The van der Waals surface area contributed by atoms with E-state index in [2.05, 4.69) is 4.98 Å². The van der Waals surface area contributed by atoms with Crippen LogP contribution in [-0.4, -0.2) is 30.5 Å². The van der Waals surface area contributed by atoms with E-state index in [0.717, 1.165) is 5.56 Å². The van der Waals surface area contributed by atoms with E-state index in [1.165, 1.54) is 7.11 Å². The third-order valence-corrected chi connectivity index (χ3v) is 3.50. The van der Waals surface area contributed by atoms with Crippen molar-refractivity contribution in [3.63, 3.8) is 0 Å². The number of rotatable bonds is 5. The van der Waals surface area contributed by atoms with E-state index in [1.54, 1.807) is 13.8 Å². The second-order valence-electron chi connectivity index (χ2n) is 5.14. The van der Waals surface area contributed by atoms with Crippen molar-refractivity contribution in [2.24, 2.45) is 0 Å².